The van der Waals surface area contributed by atoms with Crippen LogP contribution in [0.15, 0.2) is 88.8 Å². The second-order valence-electron chi connectivity index (χ2n) is 8.70. The average molecular weight is 495 g/mol. The molecule has 0 amide bonds. The van der Waals surface area contributed by atoms with Gasteiger partial charge in [-0.05, 0) is 48.6 Å². The van der Waals surface area contributed by atoms with E-state index in [1.165, 1.54) is 22.9 Å². The summed E-state index contributed by atoms with van der Waals surface area (Å²) in [6.07, 6.45) is 1.75. The smallest absolute Gasteiger partial charge is 0.267 e. The van der Waals surface area contributed by atoms with Crippen molar-refractivity contribution in [3.05, 3.63) is 111 Å². The first-order valence-corrected chi connectivity index (χ1v) is 13.3. The van der Waals surface area contributed by atoms with Gasteiger partial charge in [-0.3, -0.25) is 14.2 Å². The van der Waals surface area contributed by atoms with E-state index in [2.05, 4.69) is 18.2 Å². The number of Topliss-reactive ketones (excluding diaryl/α,β-unsaturated/α-hetero) is 1. The largest absolute Gasteiger partial charge is 0.293 e. The van der Waals surface area contributed by atoms with E-state index in [0.717, 1.165) is 39.4 Å². The first kappa shape index (κ1) is 22.0. The number of fused-ring (bicyclic) bond motifs is 5. The number of aryl methyl sites for hydroxylation is 3. The molecule has 35 heavy (non-hydrogen) atoms. The van der Waals surface area contributed by atoms with Crippen LogP contribution in [0.3, 0.4) is 0 Å². The zero-order valence-corrected chi connectivity index (χ0v) is 20.8. The first-order chi connectivity index (χ1) is 17.1. The molecule has 0 aliphatic heterocycles. The highest BCUT2D eigenvalue weighted by molar-refractivity contribution is 7.99. The van der Waals surface area contributed by atoms with Gasteiger partial charge in [0, 0.05) is 10.4 Å². The lowest BCUT2D eigenvalue weighted by Crippen LogP contribution is -2.22. The number of aromatic nitrogens is 2. The van der Waals surface area contributed by atoms with E-state index in [1.54, 1.807) is 15.9 Å². The van der Waals surface area contributed by atoms with Crippen LogP contribution in [0.1, 0.15) is 27.0 Å². The van der Waals surface area contributed by atoms with Crippen molar-refractivity contribution in [1.82, 2.24) is 9.55 Å². The number of ketones is 1. The molecule has 0 bridgehead atoms. The van der Waals surface area contributed by atoms with Crippen molar-refractivity contribution >= 4 is 39.1 Å². The van der Waals surface area contributed by atoms with E-state index < -0.39 is 0 Å². The van der Waals surface area contributed by atoms with E-state index >= 15 is 0 Å². The minimum atomic E-state index is -0.0644. The van der Waals surface area contributed by atoms with Crippen LogP contribution in [0.5, 0.6) is 0 Å². The molecule has 3 aromatic carbocycles. The second-order valence-corrected chi connectivity index (χ2v) is 10.6. The molecule has 0 radical (unpaired) electrons. The monoisotopic (exact) mass is 494 g/mol. The Hall–Kier alpha value is -3.48. The fraction of sp³-hybridized carbons (Fsp3) is 0.138. The number of carbonyl (C=O) groups is 1. The summed E-state index contributed by atoms with van der Waals surface area (Å²) in [6, 6.07) is 25.5. The van der Waals surface area contributed by atoms with E-state index in [0.29, 0.717) is 16.1 Å². The van der Waals surface area contributed by atoms with Crippen molar-refractivity contribution in [3.63, 3.8) is 0 Å². The number of thioether (sulfide) groups is 1. The molecule has 6 heteroatoms. The van der Waals surface area contributed by atoms with Crippen molar-refractivity contribution in [2.75, 3.05) is 5.75 Å². The van der Waals surface area contributed by atoms with Crippen LogP contribution in [0.25, 0.3) is 26.3 Å². The normalized spacial score (nSPS) is 12.4. The molecule has 0 N–H and O–H groups in total. The van der Waals surface area contributed by atoms with Crippen LogP contribution in [0, 0.1) is 6.92 Å². The summed E-state index contributed by atoms with van der Waals surface area (Å²) in [5.41, 5.74) is 6.09. The molecule has 0 spiro atoms. The Labute approximate surface area is 211 Å². The molecule has 172 valence electrons. The van der Waals surface area contributed by atoms with Gasteiger partial charge in [0.05, 0.1) is 16.8 Å². The zero-order chi connectivity index (χ0) is 23.9. The SMILES string of the molecule is Cc1ccc(-n2c(SCC(=O)c3ccccc3)nc3sc4c(c3c2=O)CCc2ccccc2-4)cc1. The molecule has 5 aromatic rings. The van der Waals surface area contributed by atoms with Gasteiger partial charge in [0.25, 0.3) is 5.56 Å². The maximum Gasteiger partial charge on any atom is 0.267 e. The van der Waals surface area contributed by atoms with Crippen molar-refractivity contribution in [3.8, 4) is 16.1 Å². The van der Waals surface area contributed by atoms with E-state index in [-0.39, 0.29) is 17.1 Å². The Balaban J connectivity index is 1.51. The number of thiophene rings is 1. The lowest BCUT2D eigenvalue weighted by molar-refractivity contribution is 0.102. The maximum atomic E-state index is 14.0. The highest BCUT2D eigenvalue weighted by atomic mass is 32.2. The standard InChI is InChI=1S/C29H22N2O2S2/c1-18-11-14-21(15-12-18)31-28(33)25-23-16-13-19-7-5-6-10-22(19)26(23)35-27(25)30-29(31)34-17-24(32)20-8-3-2-4-9-20/h2-12,14-15H,13,16-17H2,1H3. The zero-order valence-electron chi connectivity index (χ0n) is 19.2. The van der Waals surface area contributed by atoms with Gasteiger partial charge < -0.3 is 0 Å². The van der Waals surface area contributed by atoms with E-state index in [1.807, 2.05) is 67.6 Å². The number of hydrogen-bond acceptors (Lipinski definition) is 5. The third kappa shape index (κ3) is 3.93. The third-order valence-electron chi connectivity index (χ3n) is 6.42. The predicted molar refractivity (Wildman–Crippen MR) is 144 cm³/mol. The van der Waals surface area contributed by atoms with Crippen LogP contribution in [-0.4, -0.2) is 21.1 Å². The Morgan fingerprint density at radius 3 is 2.51 bits per heavy atom. The fourth-order valence-electron chi connectivity index (χ4n) is 4.62. The number of rotatable bonds is 5. The molecule has 0 saturated heterocycles. The second kappa shape index (κ2) is 8.95. The average Bonchev–Trinajstić information content (AvgIpc) is 3.28. The molecule has 0 fully saturated rings. The van der Waals surface area contributed by atoms with Gasteiger partial charge in [-0.25, -0.2) is 4.98 Å². The van der Waals surface area contributed by atoms with Crippen molar-refractivity contribution in [1.29, 1.82) is 0 Å². The first-order valence-electron chi connectivity index (χ1n) is 11.5. The lowest BCUT2D eigenvalue weighted by Gasteiger charge is -2.16. The van der Waals surface area contributed by atoms with Gasteiger partial charge in [0.15, 0.2) is 10.9 Å². The Morgan fingerprint density at radius 2 is 1.71 bits per heavy atom. The molecule has 0 saturated carbocycles. The highest BCUT2D eigenvalue weighted by Gasteiger charge is 2.26. The van der Waals surface area contributed by atoms with Gasteiger partial charge in [-0.2, -0.15) is 0 Å². The molecule has 2 aromatic heterocycles. The Bertz CT molecular complexity index is 1630. The Morgan fingerprint density at radius 1 is 0.971 bits per heavy atom. The fourth-order valence-corrected chi connectivity index (χ4v) is 6.85. The maximum absolute atomic E-state index is 14.0. The number of nitrogens with zero attached hydrogens (tertiary/aromatic N) is 2. The summed E-state index contributed by atoms with van der Waals surface area (Å²) in [4.78, 5) is 33.7. The van der Waals surface area contributed by atoms with Gasteiger partial charge >= 0.3 is 0 Å². The van der Waals surface area contributed by atoms with Crippen molar-refractivity contribution in [2.45, 2.75) is 24.9 Å². The minimum absolute atomic E-state index is 0.0137. The van der Waals surface area contributed by atoms with Crippen LogP contribution >= 0.6 is 23.1 Å². The quantitative estimate of drug-likeness (QED) is 0.159. The lowest BCUT2D eigenvalue weighted by atomic mass is 9.90. The molecular weight excluding hydrogens is 472 g/mol. The molecule has 6 rings (SSSR count). The summed E-state index contributed by atoms with van der Waals surface area (Å²) in [5.74, 6) is 0.224. The molecular formula is C29H22N2O2S2. The number of carbonyl (C=O) groups excluding carboxylic acids is 1. The topological polar surface area (TPSA) is 52.0 Å². The van der Waals surface area contributed by atoms with Gasteiger partial charge in [0.1, 0.15) is 4.83 Å². The van der Waals surface area contributed by atoms with Crippen LogP contribution in [0.2, 0.25) is 0 Å². The number of hydrogen-bond donors (Lipinski definition) is 0. The van der Waals surface area contributed by atoms with Gasteiger partial charge in [0.2, 0.25) is 0 Å². The summed E-state index contributed by atoms with van der Waals surface area (Å²) in [6.45, 7) is 2.02. The summed E-state index contributed by atoms with van der Waals surface area (Å²) in [7, 11) is 0. The molecule has 2 heterocycles. The highest BCUT2D eigenvalue weighted by Crippen LogP contribution is 2.42. The van der Waals surface area contributed by atoms with E-state index in [9.17, 15) is 9.59 Å². The summed E-state index contributed by atoms with van der Waals surface area (Å²) < 4.78 is 1.68. The number of benzene rings is 3. The molecule has 0 atom stereocenters. The van der Waals surface area contributed by atoms with Gasteiger partial charge in [-0.1, -0.05) is 84.1 Å². The Kier molecular flexibility index (Phi) is 5.63. The minimum Gasteiger partial charge on any atom is -0.293 e. The molecule has 1 aliphatic carbocycles. The van der Waals surface area contributed by atoms with Gasteiger partial charge in [-0.15, -0.1) is 11.3 Å². The van der Waals surface area contributed by atoms with E-state index in [4.69, 9.17) is 4.98 Å². The van der Waals surface area contributed by atoms with Crippen LogP contribution in [0.4, 0.5) is 0 Å². The predicted octanol–water partition coefficient (Wildman–Crippen LogP) is 6.50. The summed E-state index contributed by atoms with van der Waals surface area (Å²) in [5, 5.41) is 1.25. The molecule has 4 nitrogen and oxygen atoms in total. The third-order valence-corrected chi connectivity index (χ3v) is 8.52. The van der Waals surface area contributed by atoms with Crippen LogP contribution < -0.4 is 5.56 Å². The van der Waals surface area contributed by atoms with Crippen molar-refractivity contribution < 1.29 is 4.79 Å². The van der Waals surface area contributed by atoms with Crippen LogP contribution in [-0.2, 0) is 12.8 Å². The summed E-state index contributed by atoms with van der Waals surface area (Å²) >= 11 is 2.90. The van der Waals surface area contributed by atoms with Crippen molar-refractivity contribution in [2.24, 2.45) is 0 Å². The molecule has 0 unspecified atom stereocenters. The molecule has 1 aliphatic rings.